The van der Waals surface area contributed by atoms with E-state index in [2.05, 4.69) is 38.2 Å². The van der Waals surface area contributed by atoms with Gasteiger partial charge < -0.3 is 35.4 Å². The van der Waals surface area contributed by atoms with Crippen LogP contribution in [0.4, 0.5) is 0 Å². The molecule has 0 amide bonds. The van der Waals surface area contributed by atoms with E-state index in [0.717, 1.165) is 64.2 Å². The molecular formula is C43H76NO11P. The van der Waals surface area contributed by atoms with Crippen LogP contribution in [0, 0.1) is 11.8 Å². The van der Waals surface area contributed by atoms with Crippen molar-refractivity contribution in [3.8, 4) is 0 Å². The molecule has 324 valence electrons. The maximum Gasteiger partial charge on any atom is 0.472 e. The average Bonchev–Trinajstić information content (AvgIpc) is 3.44. The number of aliphatic hydroxyl groups is 3. The van der Waals surface area contributed by atoms with Crippen LogP contribution in [-0.4, -0.2) is 82.9 Å². The van der Waals surface area contributed by atoms with Gasteiger partial charge in [-0.3, -0.25) is 18.6 Å². The summed E-state index contributed by atoms with van der Waals surface area (Å²) in [5.74, 6) is -1.47. The molecule has 0 bridgehead atoms. The van der Waals surface area contributed by atoms with Gasteiger partial charge in [-0.15, -0.1) is 0 Å². The molecule has 0 aromatic heterocycles. The van der Waals surface area contributed by atoms with Crippen LogP contribution in [0.1, 0.15) is 149 Å². The highest BCUT2D eigenvalue weighted by Crippen LogP contribution is 2.43. The van der Waals surface area contributed by atoms with Crippen LogP contribution in [-0.2, 0) is 32.7 Å². The first-order valence-electron chi connectivity index (χ1n) is 21.4. The number of aliphatic hydroxyl groups excluding tert-OH is 3. The first-order chi connectivity index (χ1) is 27.0. The van der Waals surface area contributed by atoms with Crippen molar-refractivity contribution in [2.24, 2.45) is 17.6 Å². The normalized spacial score (nSPS) is 21.1. The average molecular weight is 814 g/mol. The van der Waals surface area contributed by atoms with Gasteiger partial charge in [-0.25, -0.2) is 4.57 Å². The highest BCUT2D eigenvalue weighted by molar-refractivity contribution is 7.47. The summed E-state index contributed by atoms with van der Waals surface area (Å²) >= 11 is 0. The van der Waals surface area contributed by atoms with Gasteiger partial charge in [-0.05, 0) is 70.1 Å². The smallest absolute Gasteiger partial charge is 0.462 e. The van der Waals surface area contributed by atoms with Crippen LogP contribution < -0.4 is 5.73 Å². The molecule has 56 heavy (non-hydrogen) atoms. The fourth-order valence-corrected chi connectivity index (χ4v) is 7.25. The van der Waals surface area contributed by atoms with Crippen LogP contribution in [0.5, 0.6) is 0 Å². The van der Waals surface area contributed by atoms with E-state index < -0.39 is 50.8 Å². The molecule has 0 spiro atoms. The van der Waals surface area contributed by atoms with Crippen molar-refractivity contribution in [3.05, 3.63) is 48.6 Å². The highest BCUT2D eigenvalue weighted by atomic mass is 31.2. The minimum atomic E-state index is -4.45. The third-order valence-electron chi connectivity index (χ3n) is 9.76. The second kappa shape index (κ2) is 33.8. The molecule has 6 N–H and O–H groups in total. The Morgan fingerprint density at radius 2 is 1.39 bits per heavy atom. The van der Waals surface area contributed by atoms with Gasteiger partial charge >= 0.3 is 19.8 Å². The van der Waals surface area contributed by atoms with E-state index in [1.807, 2.05) is 18.2 Å². The van der Waals surface area contributed by atoms with E-state index in [1.54, 1.807) is 6.08 Å². The minimum absolute atomic E-state index is 0.0106. The topological polar surface area (TPSA) is 195 Å². The molecule has 1 rings (SSSR count). The lowest BCUT2D eigenvalue weighted by molar-refractivity contribution is -0.161. The monoisotopic (exact) mass is 814 g/mol. The number of carbonyl (C=O) groups excluding carboxylic acids is 2. The van der Waals surface area contributed by atoms with Crippen molar-refractivity contribution in [3.63, 3.8) is 0 Å². The maximum atomic E-state index is 12.7. The van der Waals surface area contributed by atoms with Crippen LogP contribution in [0.3, 0.4) is 0 Å². The molecule has 0 heterocycles. The second-order valence-electron chi connectivity index (χ2n) is 14.8. The Bertz CT molecular complexity index is 1180. The van der Waals surface area contributed by atoms with Gasteiger partial charge in [-0.2, -0.15) is 0 Å². The summed E-state index contributed by atoms with van der Waals surface area (Å²) in [5.41, 5.74) is 5.34. The Morgan fingerprint density at radius 1 is 0.768 bits per heavy atom. The maximum absolute atomic E-state index is 12.7. The Hall–Kier alpha value is -2.15. The quantitative estimate of drug-likeness (QED) is 0.0178. The summed E-state index contributed by atoms with van der Waals surface area (Å²) < 4.78 is 32.7. The van der Waals surface area contributed by atoms with Gasteiger partial charge in [0.25, 0.3) is 0 Å². The van der Waals surface area contributed by atoms with Gasteiger partial charge in [0.2, 0.25) is 0 Å². The van der Waals surface area contributed by atoms with E-state index in [0.29, 0.717) is 32.1 Å². The zero-order valence-electron chi connectivity index (χ0n) is 34.4. The zero-order chi connectivity index (χ0) is 41.3. The standard InChI is InChI=1S/C43H76NO11P/c1-3-5-7-8-9-10-11-12-13-14-15-16-17-18-23-27-42(48)52-34-37(35-54-56(50,51)53-32-31-44)55-43(49)28-24-20-19-22-26-38-39(41(47)33-40(38)46)30-29-36(45)25-21-6-4-2/h9-10,12-13,19,22,29-30,36-41,45-47H,3-8,11,14-18,20-21,23-28,31-35,44H2,1-2H3,(H,50,51)/b10-9-,13-12-,22-19+,30-29+/t36-,37+,38+,39+,40-,41+/m0/s1. The molecular weight excluding hydrogens is 737 g/mol. The van der Waals surface area contributed by atoms with Crippen molar-refractivity contribution in [1.29, 1.82) is 0 Å². The molecule has 0 aromatic rings. The van der Waals surface area contributed by atoms with Gasteiger partial charge in [-0.1, -0.05) is 114 Å². The first kappa shape index (κ1) is 51.9. The van der Waals surface area contributed by atoms with Crippen LogP contribution >= 0.6 is 7.82 Å². The molecule has 1 aliphatic rings. The number of carbonyl (C=O) groups is 2. The summed E-state index contributed by atoms with van der Waals surface area (Å²) in [6.07, 6.45) is 30.9. The molecule has 1 saturated carbocycles. The summed E-state index contributed by atoms with van der Waals surface area (Å²) in [5, 5.41) is 31.3. The van der Waals surface area contributed by atoms with Crippen molar-refractivity contribution in [1.82, 2.24) is 0 Å². The zero-order valence-corrected chi connectivity index (χ0v) is 35.3. The van der Waals surface area contributed by atoms with Crippen molar-refractivity contribution in [2.45, 2.75) is 173 Å². The minimum Gasteiger partial charge on any atom is -0.462 e. The summed E-state index contributed by atoms with van der Waals surface area (Å²) in [6, 6.07) is 0. The number of phosphoric acid groups is 1. The lowest BCUT2D eigenvalue weighted by Crippen LogP contribution is -2.29. The van der Waals surface area contributed by atoms with Crippen molar-refractivity contribution in [2.75, 3.05) is 26.4 Å². The van der Waals surface area contributed by atoms with Gasteiger partial charge in [0, 0.05) is 31.7 Å². The molecule has 1 unspecified atom stereocenters. The lowest BCUT2D eigenvalue weighted by Gasteiger charge is -2.20. The molecule has 0 aromatic carbocycles. The molecule has 0 aliphatic heterocycles. The number of hydrogen-bond acceptors (Lipinski definition) is 11. The number of hydrogen-bond donors (Lipinski definition) is 5. The lowest BCUT2D eigenvalue weighted by atomic mass is 9.89. The van der Waals surface area contributed by atoms with E-state index >= 15 is 0 Å². The number of esters is 2. The SMILES string of the molecule is CCCCC/C=C\C/C=C\CCCCCCCC(=O)OC[C@H](COP(=O)(O)OCCN)OC(=O)CCC/C=C/C[C@@H]1[C@@H](/C=C/[C@@H](O)CCCCC)[C@H](O)C[C@@H]1O. The second-order valence-corrected chi connectivity index (χ2v) is 16.3. The number of unbranched alkanes of at least 4 members (excludes halogenated alkanes) is 11. The number of rotatable bonds is 35. The van der Waals surface area contributed by atoms with Crippen molar-refractivity contribution < 1.29 is 52.9 Å². The first-order valence-corrected chi connectivity index (χ1v) is 22.9. The molecule has 1 fully saturated rings. The molecule has 0 saturated heterocycles. The predicted molar refractivity (Wildman–Crippen MR) is 221 cm³/mol. The van der Waals surface area contributed by atoms with Gasteiger partial charge in [0.15, 0.2) is 6.10 Å². The van der Waals surface area contributed by atoms with E-state index in [1.165, 1.54) is 19.3 Å². The summed E-state index contributed by atoms with van der Waals surface area (Å²) in [7, 11) is -4.45. The Balaban J connectivity index is 2.44. The summed E-state index contributed by atoms with van der Waals surface area (Å²) in [6.45, 7) is 3.29. The molecule has 13 heteroatoms. The third-order valence-corrected chi connectivity index (χ3v) is 10.7. The molecule has 1 aliphatic carbocycles. The third kappa shape index (κ3) is 27.5. The fourth-order valence-electron chi connectivity index (χ4n) is 6.48. The Labute approximate surface area is 337 Å². The number of ether oxygens (including phenoxy) is 2. The highest BCUT2D eigenvalue weighted by Gasteiger charge is 2.39. The van der Waals surface area contributed by atoms with Crippen molar-refractivity contribution >= 4 is 19.8 Å². The van der Waals surface area contributed by atoms with E-state index in [4.69, 9.17) is 24.3 Å². The number of phosphoric ester groups is 1. The van der Waals surface area contributed by atoms with E-state index in [-0.39, 0.29) is 50.9 Å². The van der Waals surface area contributed by atoms with Gasteiger partial charge in [0.05, 0.1) is 31.5 Å². The molecule has 0 radical (unpaired) electrons. The summed E-state index contributed by atoms with van der Waals surface area (Å²) in [4.78, 5) is 35.0. The van der Waals surface area contributed by atoms with E-state index in [9.17, 15) is 34.4 Å². The molecule has 7 atom stereocenters. The van der Waals surface area contributed by atoms with Crippen LogP contribution in [0.2, 0.25) is 0 Å². The number of allylic oxidation sites excluding steroid dienone is 6. The van der Waals surface area contributed by atoms with Crippen LogP contribution in [0.15, 0.2) is 48.6 Å². The fraction of sp³-hybridized carbons (Fsp3) is 0.767. The Morgan fingerprint density at radius 3 is 2.11 bits per heavy atom. The number of nitrogens with two attached hydrogens (primary N) is 1. The predicted octanol–water partition coefficient (Wildman–Crippen LogP) is 8.32. The van der Waals surface area contributed by atoms with Gasteiger partial charge in [0.1, 0.15) is 6.61 Å². The van der Waals surface area contributed by atoms with Crippen LogP contribution in [0.25, 0.3) is 0 Å². The largest absolute Gasteiger partial charge is 0.472 e. The molecule has 12 nitrogen and oxygen atoms in total. The Kier molecular flexibility index (Phi) is 31.3.